The van der Waals surface area contributed by atoms with Crippen LogP contribution in [0.15, 0.2) is 0 Å². The molecule has 2 aliphatic rings. The van der Waals surface area contributed by atoms with Gasteiger partial charge in [-0.15, -0.1) is 10.2 Å². The fourth-order valence-electron chi connectivity index (χ4n) is 3.30. The Kier molecular flexibility index (Phi) is 6.39. The molecule has 0 aromatic carbocycles. The van der Waals surface area contributed by atoms with Crippen LogP contribution >= 0.6 is 11.3 Å². The number of alkyl carbamates (subject to hydrolysis) is 1. The first-order chi connectivity index (χ1) is 13.3. The molecule has 0 unspecified atom stereocenters. The smallest absolute Gasteiger partial charge is 0.408 e. The van der Waals surface area contributed by atoms with Gasteiger partial charge in [0.1, 0.15) is 15.6 Å². The number of nitrogens with zero attached hydrogens (tertiary/aromatic N) is 4. The van der Waals surface area contributed by atoms with E-state index in [2.05, 4.69) is 22.4 Å². The van der Waals surface area contributed by atoms with Crippen LogP contribution in [0.2, 0.25) is 0 Å². The highest BCUT2D eigenvalue weighted by Crippen LogP contribution is 2.39. The summed E-state index contributed by atoms with van der Waals surface area (Å²) in [7, 11) is 0. The first-order valence-electron chi connectivity index (χ1n) is 9.80. The van der Waals surface area contributed by atoms with E-state index in [0.717, 1.165) is 30.7 Å². The number of unbranched alkanes of at least 4 members (excludes halogenated alkanes) is 1. The monoisotopic (exact) mass is 411 g/mol. The minimum atomic E-state index is -0.545. The van der Waals surface area contributed by atoms with Crippen molar-refractivity contribution in [2.75, 3.05) is 13.2 Å². The van der Waals surface area contributed by atoms with Gasteiger partial charge >= 0.3 is 12.1 Å². The molecule has 0 saturated carbocycles. The summed E-state index contributed by atoms with van der Waals surface area (Å²) in [6.07, 6.45) is 3.19. The summed E-state index contributed by atoms with van der Waals surface area (Å²) < 4.78 is 5.22. The molecule has 0 aliphatic carbocycles. The van der Waals surface area contributed by atoms with Gasteiger partial charge in [-0.1, -0.05) is 24.7 Å². The fourth-order valence-corrected chi connectivity index (χ4v) is 4.23. The number of carbonyl (C=O) groups is 2. The molecule has 28 heavy (non-hydrogen) atoms. The molecule has 9 nitrogen and oxygen atoms in total. The summed E-state index contributed by atoms with van der Waals surface area (Å²) in [4.78, 5) is 32.0. The fraction of sp³-hybridized carbons (Fsp3) is 0.778. The highest BCUT2D eigenvalue weighted by atomic mass is 32.1. The quantitative estimate of drug-likeness (QED) is 0.692. The van der Waals surface area contributed by atoms with Crippen molar-refractivity contribution in [3.8, 4) is 0 Å². The number of hydroxylamine groups is 2. The van der Waals surface area contributed by atoms with Crippen LogP contribution in [0.25, 0.3) is 0 Å². The molecule has 0 spiro atoms. The number of fused-ring (bicyclic) bond motifs is 2. The number of aromatic nitrogens is 2. The highest BCUT2D eigenvalue weighted by molar-refractivity contribution is 7.11. The Morgan fingerprint density at radius 3 is 2.82 bits per heavy atom. The lowest BCUT2D eigenvalue weighted by molar-refractivity contribution is -0.130. The molecule has 156 valence electrons. The van der Waals surface area contributed by atoms with E-state index in [4.69, 9.17) is 9.57 Å². The Labute approximate surface area is 169 Å². The van der Waals surface area contributed by atoms with E-state index in [-0.39, 0.29) is 24.7 Å². The minimum absolute atomic E-state index is 0.0868. The maximum atomic E-state index is 12.7. The molecule has 3 heterocycles. The minimum Gasteiger partial charge on any atom is -0.444 e. The lowest BCUT2D eigenvalue weighted by atomic mass is 10.0. The van der Waals surface area contributed by atoms with E-state index in [1.807, 2.05) is 25.7 Å². The first kappa shape index (κ1) is 20.8. The molecule has 1 aromatic rings. The van der Waals surface area contributed by atoms with Crippen LogP contribution in [-0.2, 0) is 16.1 Å². The Morgan fingerprint density at radius 2 is 2.11 bits per heavy atom. The summed E-state index contributed by atoms with van der Waals surface area (Å²) in [6, 6.07) is -0.0645. The molecule has 3 amide bonds. The van der Waals surface area contributed by atoms with Crippen LogP contribution < -0.4 is 5.32 Å². The summed E-state index contributed by atoms with van der Waals surface area (Å²) in [5.74, 6) is 0. The number of hydrogen-bond donors (Lipinski definition) is 1. The molecule has 0 radical (unpaired) electrons. The van der Waals surface area contributed by atoms with Gasteiger partial charge in [0, 0.05) is 6.54 Å². The molecular weight excluding hydrogens is 382 g/mol. The number of ether oxygens (including phenoxy) is 1. The Bertz CT molecular complexity index is 704. The van der Waals surface area contributed by atoms with Gasteiger partial charge in [0.15, 0.2) is 0 Å². The van der Waals surface area contributed by atoms with Gasteiger partial charge in [-0.25, -0.2) is 9.59 Å². The van der Waals surface area contributed by atoms with E-state index < -0.39 is 11.7 Å². The standard InChI is InChI=1S/C18H29N5O4S/c1-5-6-9-26-23-12-7-8-13(22(11-12)17(23)25)15-21-20-14(28-15)10-19-16(24)27-18(2,3)4/h12-13H,5-11H2,1-4H3,(H,19,24)/t12-,13-/m0/s1. The molecule has 10 heteroatoms. The first-order valence-corrected chi connectivity index (χ1v) is 10.6. The maximum Gasteiger partial charge on any atom is 0.408 e. The third-order valence-corrected chi connectivity index (χ3v) is 5.63. The number of hydrogen-bond acceptors (Lipinski definition) is 7. The Morgan fingerprint density at radius 1 is 1.32 bits per heavy atom. The van der Waals surface area contributed by atoms with Gasteiger partial charge in [0.25, 0.3) is 0 Å². The molecule has 2 bridgehead atoms. The third kappa shape index (κ3) is 4.91. The average Bonchev–Trinajstić information content (AvgIpc) is 3.18. The maximum absolute atomic E-state index is 12.7. The van der Waals surface area contributed by atoms with Crippen molar-refractivity contribution >= 4 is 23.5 Å². The number of carbonyl (C=O) groups excluding carboxylic acids is 2. The van der Waals surface area contributed by atoms with Gasteiger partial charge in [0.05, 0.1) is 25.2 Å². The zero-order valence-corrected chi connectivity index (χ0v) is 17.8. The molecule has 1 N–H and O–H groups in total. The number of nitrogens with one attached hydrogen (secondary N) is 1. The van der Waals surface area contributed by atoms with Crippen molar-refractivity contribution in [1.29, 1.82) is 0 Å². The van der Waals surface area contributed by atoms with E-state index in [0.29, 0.717) is 18.2 Å². The molecule has 2 fully saturated rings. The van der Waals surface area contributed by atoms with Crippen LogP contribution in [0.5, 0.6) is 0 Å². The van der Waals surface area contributed by atoms with Crippen LogP contribution in [0, 0.1) is 0 Å². The predicted molar refractivity (Wildman–Crippen MR) is 104 cm³/mol. The van der Waals surface area contributed by atoms with E-state index in [1.165, 1.54) is 11.3 Å². The zero-order valence-electron chi connectivity index (χ0n) is 16.9. The van der Waals surface area contributed by atoms with Gasteiger partial charge in [-0.3, -0.25) is 4.84 Å². The molecular formula is C18H29N5O4S. The summed E-state index contributed by atoms with van der Waals surface area (Å²) in [5, 5.41) is 14.1. The van der Waals surface area contributed by atoms with Crippen LogP contribution in [-0.4, -0.2) is 57.1 Å². The van der Waals surface area contributed by atoms with Gasteiger partial charge in [-0.2, -0.15) is 5.06 Å². The lowest BCUT2D eigenvalue weighted by Crippen LogP contribution is -2.34. The normalized spacial score (nSPS) is 21.9. The number of rotatable bonds is 7. The molecule has 2 saturated heterocycles. The van der Waals surface area contributed by atoms with Gasteiger partial charge in [-0.05, 0) is 40.0 Å². The van der Waals surface area contributed by atoms with Crippen LogP contribution in [0.3, 0.4) is 0 Å². The summed E-state index contributed by atoms with van der Waals surface area (Å²) in [6.45, 7) is 9.01. The SMILES string of the molecule is CCCCON1C(=O)N2C[C@@H]1CC[C@H]2c1nnc(CNC(=O)OC(C)(C)C)s1. The molecule has 2 aliphatic heterocycles. The highest BCUT2D eigenvalue weighted by Gasteiger charge is 2.47. The molecule has 2 atom stereocenters. The van der Waals surface area contributed by atoms with Crippen molar-refractivity contribution in [3.05, 3.63) is 10.0 Å². The van der Waals surface area contributed by atoms with Gasteiger partial charge in [0.2, 0.25) is 0 Å². The second kappa shape index (κ2) is 8.60. The second-order valence-corrected chi connectivity index (χ2v) is 9.18. The molecule has 1 aromatic heterocycles. The second-order valence-electron chi connectivity index (χ2n) is 8.08. The number of urea groups is 1. The van der Waals surface area contributed by atoms with Crippen molar-refractivity contribution in [2.45, 2.75) is 77.6 Å². The third-order valence-electron chi connectivity index (χ3n) is 4.60. The van der Waals surface area contributed by atoms with E-state index >= 15 is 0 Å². The topological polar surface area (TPSA) is 96.9 Å². The van der Waals surface area contributed by atoms with Crippen LogP contribution in [0.4, 0.5) is 9.59 Å². The summed E-state index contributed by atoms with van der Waals surface area (Å²) in [5.41, 5.74) is -0.545. The van der Waals surface area contributed by atoms with Crippen molar-refractivity contribution < 1.29 is 19.2 Å². The lowest BCUT2D eigenvalue weighted by Gasteiger charge is -2.28. The number of amides is 3. The van der Waals surface area contributed by atoms with Crippen molar-refractivity contribution in [3.63, 3.8) is 0 Å². The van der Waals surface area contributed by atoms with Gasteiger partial charge < -0.3 is 15.0 Å². The largest absolute Gasteiger partial charge is 0.444 e. The zero-order chi connectivity index (χ0) is 20.3. The van der Waals surface area contributed by atoms with E-state index in [1.54, 1.807) is 5.06 Å². The molecule has 3 rings (SSSR count). The van der Waals surface area contributed by atoms with Crippen LogP contribution in [0.1, 0.15) is 69.4 Å². The Hall–Kier alpha value is -1.94. The average molecular weight is 412 g/mol. The van der Waals surface area contributed by atoms with Crippen molar-refractivity contribution in [1.82, 2.24) is 25.5 Å². The summed E-state index contributed by atoms with van der Waals surface area (Å²) >= 11 is 1.42. The van der Waals surface area contributed by atoms with E-state index in [9.17, 15) is 9.59 Å². The number of piperidine rings is 1. The Balaban J connectivity index is 1.57. The van der Waals surface area contributed by atoms with Crippen molar-refractivity contribution in [2.24, 2.45) is 0 Å². The predicted octanol–water partition coefficient (Wildman–Crippen LogP) is 3.24.